The van der Waals surface area contributed by atoms with E-state index in [1.54, 1.807) is 18.7 Å². The molecule has 2 atom stereocenters. The Hall–Kier alpha value is -1.00. The molecule has 1 aromatic carbocycles. The molecule has 16 heavy (non-hydrogen) atoms. The van der Waals surface area contributed by atoms with Crippen LogP contribution in [-0.4, -0.2) is 28.9 Å². The van der Waals surface area contributed by atoms with E-state index in [9.17, 15) is 4.79 Å². The molecule has 0 saturated carbocycles. The van der Waals surface area contributed by atoms with Crippen LogP contribution < -0.4 is 5.32 Å². The molecule has 3 nitrogen and oxygen atoms in total. The second-order valence-corrected chi connectivity index (χ2v) is 5.26. The molecule has 0 aromatic heterocycles. The van der Waals surface area contributed by atoms with Gasteiger partial charge in [0.25, 0.3) is 0 Å². The lowest BCUT2D eigenvalue weighted by atomic mass is 10.1. The lowest BCUT2D eigenvalue weighted by Crippen LogP contribution is -2.36. The number of amides is 1. The highest BCUT2D eigenvalue weighted by molar-refractivity contribution is 8.01. The van der Waals surface area contributed by atoms with Crippen LogP contribution in [0.3, 0.4) is 0 Å². The van der Waals surface area contributed by atoms with Gasteiger partial charge in [0.1, 0.15) is 0 Å². The van der Waals surface area contributed by atoms with Crippen molar-refractivity contribution < 1.29 is 9.90 Å². The maximum atomic E-state index is 11.8. The molecule has 2 rings (SSSR count). The van der Waals surface area contributed by atoms with Crippen molar-refractivity contribution >= 4 is 17.7 Å². The van der Waals surface area contributed by atoms with Gasteiger partial charge < -0.3 is 10.4 Å². The summed E-state index contributed by atoms with van der Waals surface area (Å²) < 4.78 is 0. The molecule has 1 heterocycles. The minimum atomic E-state index is -0.488. The summed E-state index contributed by atoms with van der Waals surface area (Å²) in [5.41, 5.74) is 1.24. The van der Waals surface area contributed by atoms with Crippen molar-refractivity contribution in [3.8, 4) is 0 Å². The fourth-order valence-electron chi connectivity index (χ4n) is 1.69. The molecular weight excluding hydrogens is 222 g/mol. The van der Waals surface area contributed by atoms with E-state index < -0.39 is 6.10 Å². The molecule has 86 valence electrons. The lowest BCUT2D eigenvalue weighted by molar-refractivity contribution is -0.120. The highest BCUT2D eigenvalue weighted by atomic mass is 32.2. The Kier molecular flexibility index (Phi) is 3.51. The Balaban J connectivity index is 1.93. The van der Waals surface area contributed by atoms with E-state index in [0.717, 1.165) is 6.42 Å². The summed E-state index contributed by atoms with van der Waals surface area (Å²) in [5.74, 6) is 0.0158. The van der Waals surface area contributed by atoms with Crippen molar-refractivity contribution in [3.63, 3.8) is 0 Å². The second-order valence-electron chi connectivity index (χ2n) is 4.01. The quantitative estimate of drug-likeness (QED) is 0.830. The van der Waals surface area contributed by atoms with Crippen molar-refractivity contribution in [1.29, 1.82) is 0 Å². The first-order chi connectivity index (χ1) is 7.66. The van der Waals surface area contributed by atoms with Crippen LogP contribution in [0.25, 0.3) is 0 Å². The van der Waals surface area contributed by atoms with Gasteiger partial charge in [-0.15, -0.1) is 11.8 Å². The zero-order chi connectivity index (χ0) is 11.5. The van der Waals surface area contributed by atoms with Gasteiger partial charge in [-0.2, -0.15) is 0 Å². The van der Waals surface area contributed by atoms with Gasteiger partial charge in [-0.05, 0) is 25.0 Å². The van der Waals surface area contributed by atoms with E-state index >= 15 is 0 Å². The van der Waals surface area contributed by atoms with Gasteiger partial charge in [-0.25, -0.2) is 0 Å². The summed E-state index contributed by atoms with van der Waals surface area (Å²) >= 11 is 1.60. The molecule has 0 fully saturated rings. The average molecular weight is 237 g/mol. The van der Waals surface area contributed by atoms with E-state index in [1.807, 2.05) is 18.2 Å². The Labute approximate surface area is 99.2 Å². The van der Waals surface area contributed by atoms with Crippen LogP contribution >= 0.6 is 11.8 Å². The van der Waals surface area contributed by atoms with E-state index in [-0.39, 0.29) is 11.2 Å². The molecular formula is C12H15NO2S. The van der Waals surface area contributed by atoms with E-state index in [2.05, 4.69) is 11.4 Å². The smallest absolute Gasteiger partial charge is 0.233 e. The second kappa shape index (κ2) is 4.89. The Bertz CT molecular complexity index is 367. The summed E-state index contributed by atoms with van der Waals surface area (Å²) in [6.07, 6.45) is 0.296. The fraction of sp³-hybridized carbons (Fsp3) is 0.417. The summed E-state index contributed by atoms with van der Waals surface area (Å²) in [7, 11) is 0. The topological polar surface area (TPSA) is 49.3 Å². The van der Waals surface area contributed by atoms with Crippen LogP contribution in [0.4, 0.5) is 0 Å². The van der Waals surface area contributed by atoms with Gasteiger partial charge >= 0.3 is 0 Å². The number of carbonyl (C=O) groups is 1. The van der Waals surface area contributed by atoms with Crippen LogP contribution in [0.1, 0.15) is 12.5 Å². The Morgan fingerprint density at radius 2 is 2.38 bits per heavy atom. The normalized spacial score (nSPS) is 20.2. The number of hydrogen-bond donors (Lipinski definition) is 2. The zero-order valence-electron chi connectivity index (χ0n) is 9.14. The minimum Gasteiger partial charge on any atom is -0.392 e. The molecule has 0 radical (unpaired) electrons. The van der Waals surface area contributed by atoms with Crippen molar-refractivity contribution in [2.24, 2.45) is 0 Å². The number of thioether (sulfide) groups is 1. The molecule has 4 heteroatoms. The first-order valence-electron chi connectivity index (χ1n) is 5.37. The molecule has 1 aliphatic heterocycles. The Morgan fingerprint density at radius 1 is 1.62 bits per heavy atom. The van der Waals surface area contributed by atoms with E-state index in [4.69, 9.17) is 5.11 Å². The van der Waals surface area contributed by atoms with Crippen LogP contribution in [0.15, 0.2) is 29.2 Å². The zero-order valence-corrected chi connectivity index (χ0v) is 9.96. The highest BCUT2D eigenvalue weighted by Crippen LogP contribution is 2.36. The molecule has 0 aliphatic carbocycles. The summed E-state index contributed by atoms with van der Waals surface area (Å²) in [5, 5.41) is 11.8. The van der Waals surface area contributed by atoms with Crippen LogP contribution in [0.2, 0.25) is 0 Å². The van der Waals surface area contributed by atoms with Gasteiger partial charge in [0.15, 0.2) is 0 Å². The molecule has 0 spiro atoms. The number of rotatable bonds is 3. The van der Waals surface area contributed by atoms with Crippen molar-refractivity contribution in [1.82, 2.24) is 5.32 Å². The van der Waals surface area contributed by atoms with Gasteiger partial charge in [-0.1, -0.05) is 18.2 Å². The van der Waals surface area contributed by atoms with Crippen LogP contribution in [0.5, 0.6) is 0 Å². The third-order valence-corrected chi connectivity index (χ3v) is 3.83. The predicted molar refractivity (Wildman–Crippen MR) is 64.5 cm³/mol. The molecule has 1 aromatic rings. The average Bonchev–Trinajstić information content (AvgIpc) is 2.69. The van der Waals surface area contributed by atoms with Crippen LogP contribution in [0, 0.1) is 0 Å². The molecule has 1 aliphatic rings. The molecule has 0 saturated heterocycles. The minimum absolute atomic E-state index is 0.0158. The number of aliphatic hydroxyl groups is 1. The highest BCUT2D eigenvalue weighted by Gasteiger charge is 2.27. The van der Waals surface area contributed by atoms with E-state index in [0.29, 0.717) is 6.54 Å². The SMILES string of the molecule is C[C@H](O)CNC(=O)C1Cc2ccccc2S1. The number of hydrogen-bond acceptors (Lipinski definition) is 3. The maximum Gasteiger partial charge on any atom is 0.233 e. The third kappa shape index (κ3) is 2.57. The van der Waals surface area contributed by atoms with Crippen molar-refractivity contribution in [2.45, 2.75) is 29.6 Å². The first-order valence-corrected chi connectivity index (χ1v) is 6.25. The first kappa shape index (κ1) is 11.5. The summed E-state index contributed by atoms with van der Waals surface area (Å²) in [6.45, 7) is 1.99. The third-order valence-electron chi connectivity index (χ3n) is 2.51. The van der Waals surface area contributed by atoms with Crippen LogP contribution in [-0.2, 0) is 11.2 Å². The standard InChI is InChI=1S/C12H15NO2S/c1-8(14)7-13-12(15)11-6-9-4-2-3-5-10(9)16-11/h2-5,8,11,14H,6-7H2,1H3,(H,13,15)/t8-,11?/m0/s1. The largest absolute Gasteiger partial charge is 0.392 e. The molecule has 1 unspecified atom stereocenters. The van der Waals surface area contributed by atoms with Gasteiger partial charge in [0, 0.05) is 11.4 Å². The van der Waals surface area contributed by atoms with Crippen molar-refractivity contribution in [2.75, 3.05) is 6.54 Å². The molecule has 2 N–H and O–H groups in total. The van der Waals surface area contributed by atoms with E-state index in [1.165, 1.54) is 10.5 Å². The fourth-order valence-corrected chi connectivity index (χ4v) is 2.91. The number of carbonyl (C=O) groups excluding carboxylic acids is 1. The molecule has 0 bridgehead atoms. The number of aliphatic hydroxyl groups excluding tert-OH is 1. The summed E-state index contributed by atoms with van der Waals surface area (Å²) in [6, 6.07) is 8.09. The number of nitrogens with one attached hydrogen (secondary N) is 1. The summed E-state index contributed by atoms with van der Waals surface area (Å²) in [4.78, 5) is 13.0. The predicted octanol–water partition coefficient (Wildman–Crippen LogP) is 1.20. The maximum absolute atomic E-state index is 11.8. The monoisotopic (exact) mass is 237 g/mol. The van der Waals surface area contributed by atoms with Gasteiger partial charge in [0.2, 0.25) is 5.91 Å². The molecule has 1 amide bonds. The lowest BCUT2D eigenvalue weighted by Gasteiger charge is -2.10. The van der Waals surface area contributed by atoms with Gasteiger partial charge in [-0.3, -0.25) is 4.79 Å². The number of benzene rings is 1. The van der Waals surface area contributed by atoms with Gasteiger partial charge in [0.05, 0.1) is 11.4 Å². The number of fused-ring (bicyclic) bond motifs is 1. The van der Waals surface area contributed by atoms with Crippen molar-refractivity contribution in [3.05, 3.63) is 29.8 Å². The Morgan fingerprint density at radius 3 is 3.06 bits per heavy atom.